The summed E-state index contributed by atoms with van der Waals surface area (Å²) in [6.45, 7) is 3.63. The van der Waals surface area contributed by atoms with E-state index in [4.69, 9.17) is 4.74 Å². The first-order valence-corrected chi connectivity index (χ1v) is 8.14. The molecule has 1 N–H and O–H groups in total. The van der Waals surface area contributed by atoms with Crippen LogP contribution in [0.25, 0.3) is 0 Å². The van der Waals surface area contributed by atoms with Gasteiger partial charge in [0.25, 0.3) is 0 Å². The molecule has 108 valence electrons. The standard InChI is InChI=1S/C18H25NO/c1-12-3-6-15-17-9-13-4-5-14(20-2)10-16(13)18(15,11-12)7-8-19-17/h4-5,10,12,15,17,19H,3,6-9,11H2,1-2H3/t12-,15-,17+,18-/m0/s1. The Kier molecular flexibility index (Phi) is 2.85. The number of rotatable bonds is 1. The van der Waals surface area contributed by atoms with Crippen LogP contribution >= 0.6 is 0 Å². The molecule has 1 heterocycles. The van der Waals surface area contributed by atoms with Crippen molar-refractivity contribution in [2.45, 2.75) is 50.5 Å². The summed E-state index contributed by atoms with van der Waals surface area (Å²) in [5.74, 6) is 2.74. The summed E-state index contributed by atoms with van der Waals surface area (Å²) in [6, 6.07) is 7.50. The van der Waals surface area contributed by atoms with E-state index in [0.717, 1.165) is 17.6 Å². The number of ether oxygens (including phenoxy) is 1. The van der Waals surface area contributed by atoms with Crippen LogP contribution in [-0.4, -0.2) is 19.7 Å². The molecule has 0 spiro atoms. The maximum absolute atomic E-state index is 5.51. The van der Waals surface area contributed by atoms with Gasteiger partial charge in [-0.15, -0.1) is 0 Å². The SMILES string of the molecule is COc1ccc2c(c1)[C@]13CCN[C@H](C2)[C@@H]1CC[C@H](C)C3. The predicted molar refractivity (Wildman–Crippen MR) is 81.3 cm³/mol. The number of benzene rings is 1. The van der Waals surface area contributed by atoms with E-state index in [1.54, 1.807) is 18.2 Å². The number of piperidine rings is 1. The van der Waals surface area contributed by atoms with Gasteiger partial charge in [0.05, 0.1) is 7.11 Å². The maximum Gasteiger partial charge on any atom is 0.119 e. The molecule has 0 unspecified atom stereocenters. The lowest BCUT2D eigenvalue weighted by atomic mass is 9.51. The highest BCUT2D eigenvalue weighted by Gasteiger charge is 2.52. The highest BCUT2D eigenvalue weighted by molar-refractivity contribution is 5.45. The first-order chi connectivity index (χ1) is 9.73. The van der Waals surface area contributed by atoms with E-state index in [-0.39, 0.29) is 0 Å². The van der Waals surface area contributed by atoms with Crippen LogP contribution in [0, 0.1) is 11.8 Å². The van der Waals surface area contributed by atoms with Crippen molar-refractivity contribution in [1.29, 1.82) is 0 Å². The largest absolute Gasteiger partial charge is 0.497 e. The van der Waals surface area contributed by atoms with Gasteiger partial charge in [0.15, 0.2) is 0 Å². The van der Waals surface area contributed by atoms with E-state index in [1.165, 1.54) is 38.6 Å². The Hall–Kier alpha value is -1.02. The summed E-state index contributed by atoms with van der Waals surface area (Å²) in [5, 5.41) is 3.80. The lowest BCUT2D eigenvalue weighted by Gasteiger charge is -2.57. The highest BCUT2D eigenvalue weighted by atomic mass is 16.5. The third kappa shape index (κ3) is 1.67. The first-order valence-electron chi connectivity index (χ1n) is 8.14. The third-order valence-corrected chi connectivity index (χ3v) is 6.15. The summed E-state index contributed by atoms with van der Waals surface area (Å²) in [7, 11) is 1.79. The van der Waals surface area contributed by atoms with Gasteiger partial charge in [-0.2, -0.15) is 0 Å². The Labute approximate surface area is 121 Å². The summed E-state index contributed by atoms with van der Waals surface area (Å²) in [5.41, 5.74) is 3.61. The molecule has 0 radical (unpaired) electrons. The molecule has 4 rings (SSSR count). The van der Waals surface area contributed by atoms with Crippen LogP contribution in [0.2, 0.25) is 0 Å². The molecule has 2 aliphatic carbocycles. The van der Waals surface area contributed by atoms with Crippen molar-refractivity contribution in [3.05, 3.63) is 29.3 Å². The van der Waals surface area contributed by atoms with Crippen molar-refractivity contribution >= 4 is 0 Å². The molecule has 0 aromatic heterocycles. The molecule has 0 amide bonds. The Bertz CT molecular complexity index is 526. The fourth-order valence-electron chi connectivity index (χ4n) is 5.33. The molecular weight excluding hydrogens is 246 g/mol. The molecule has 3 aliphatic rings. The zero-order valence-corrected chi connectivity index (χ0v) is 12.6. The minimum absolute atomic E-state index is 0.426. The fraction of sp³-hybridized carbons (Fsp3) is 0.667. The number of hydrogen-bond donors (Lipinski definition) is 1. The molecule has 2 fully saturated rings. The van der Waals surface area contributed by atoms with Crippen LogP contribution in [0.15, 0.2) is 18.2 Å². The van der Waals surface area contributed by atoms with Crippen LogP contribution in [0.5, 0.6) is 5.75 Å². The Morgan fingerprint density at radius 3 is 3.05 bits per heavy atom. The van der Waals surface area contributed by atoms with Crippen molar-refractivity contribution in [3.8, 4) is 5.75 Å². The topological polar surface area (TPSA) is 21.3 Å². The second-order valence-corrected chi connectivity index (χ2v) is 7.19. The van der Waals surface area contributed by atoms with Gasteiger partial charge in [-0.1, -0.05) is 19.4 Å². The van der Waals surface area contributed by atoms with Crippen LogP contribution in [0.4, 0.5) is 0 Å². The maximum atomic E-state index is 5.51. The summed E-state index contributed by atoms with van der Waals surface area (Å²) < 4.78 is 5.51. The van der Waals surface area contributed by atoms with Gasteiger partial charge in [-0.3, -0.25) is 0 Å². The number of fused-ring (bicyclic) bond motifs is 1. The van der Waals surface area contributed by atoms with Crippen molar-refractivity contribution in [2.75, 3.05) is 13.7 Å². The van der Waals surface area contributed by atoms with Gasteiger partial charge in [0.1, 0.15) is 5.75 Å². The normalized spacial score (nSPS) is 38.8. The minimum Gasteiger partial charge on any atom is -0.497 e. The molecule has 20 heavy (non-hydrogen) atoms. The van der Waals surface area contributed by atoms with Gasteiger partial charge in [-0.05, 0) is 67.3 Å². The highest BCUT2D eigenvalue weighted by Crippen LogP contribution is 2.55. The zero-order valence-electron chi connectivity index (χ0n) is 12.6. The van der Waals surface area contributed by atoms with Crippen LogP contribution in [0.1, 0.15) is 43.7 Å². The van der Waals surface area contributed by atoms with Crippen LogP contribution in [0.3, 0.4) is 0 Å². The number of methoxy groups -OCH3 is 1. The molecule has 4 atom stereocenters. The van der Waals surface area contributed by atoms with Gasteiger partial charge in [0.2, 0.25) is 0 Å². The van der Waals surface area contributed by atoms with Gasteiger partial charge < -0.3 is 10.1 Å². The van der Waals surface area contributed by atoms with E-state index in [9.17, 15) is 0 Å². The molecular formula is C18H25NO. The average Bonchev–Trinajstić information content (AvgIpc) is 2.46. The second-order valence-electron chi connectivity index (χ2n) is 7.19. The van der Waals surface area contributed by atoms with E-state index in [1.807, 2.05) is 0 Å². The van der Waals surface area contributed by atoms with E-state index < -0.39 is 0 Å². The van der Waals surface area contributed by atoms with E-state index in [0.29, 0.717) is 11.5 Å². The third-order valence-electron chi connectivity index (χ3n) is 6.15. The fourth-order valence-corrected chi connectivity index (χ4v) is 5.33. The van der Waals surface area contributed by atoms with Crippen LogP contribution in [-0.2, 0) is 11.8 Å². The Morgan fingerprint density at radius 1 is 1.30 bits per heavy atom. The summed E-state index contributed by atoms with van der Waals surface area (Å²) in [6.07, 6.45) is 6.69. The van der Waals surface area contributed by atoms with Crippen molar-refractivity contribution < 1.29 is 4.74 Å². The predicted octanol–water partition coefficient (Wildman–Crippen LogP) is 3.29. The number of hydrogen-bond acceptors (Lipinski definition) is 2. The average molecular weight is 271 g/mol. The minimum atomic E-state index is 0.426. The zero-order chi connectivity index (χ0) is 13.7. The molecule has 2 bridgehead atoms. The van der Waals surface area contributed by atoms with Crippen molar-refractivity contribution in [2.24, 2.45) is 11.8 Å². The second kappa shape index (κ2) is 4.49. The molecule has 2 heteroatoms. The van der Waals surface area contributed by atoms with Crippen LogP contribution < -0.4 is 10.1 Å². The summed E-state index contributed by atoms with van der Waals surface area (Å²) in [4.78, 5) is 0. The monoisotopic (exact) mass is 271 g/mol. The smallest absolute Gasteiger partial charge is 0.119 e. The summed E-state index contributed by atoms with van der Waals surface area (Å²) >= 11 is 0. The van der Waals surface area contributed by atoms with Crippen molar-refractivity contribution in [1.82, 2.24) is 5.32 Å². The van der Waals surface area contributed by atoms with Gasteiger partial charge in [0, 0.05) is 11.5 Å². The first kappa shape index (κ1) is 12.7. The quantitative estimate of drug-likeness (QED) is 0.846. The van der Waals surface area contributed by atoms with Crippen molar-refractivity contribution in [3.63, 3.8) is 0 Å². The lowest BCUT2D eigenvalue weighted by molar-refractivity contribution is 0.0563. The molecule has 1 saturated heterocycles. The molecule has 1 aliphatic heterocycles. The Balaban J connectivity index is 1.87. The van der Waals surface area contributed by atoms with Gasteiger partial charge in [-0.25, -0.2) is 0 Å². The lowest BCUT2D eigenvalue weighted by Crippen LogP contribution is -2.60. The Morgan fingerprint density at radius 2 is 2.20 bits per heavy atom. The number of nitrogens with one attached hydrogen (secondary N) is 1. The molecule has 1 aromatic rings. The van der Waals surface area contributed by atoms with E-state index in [2.05, 4.69) is 30.4 Å². The van der Waals surface area contributed by atoms with Gasteiger partial charge >= 0.3 is 0 Å². The molecule has 1 aromatic carbocycles. The molecule has 2 nitrogen and oxygen atoms in total. The molecule has 1 saturated carbocycles. The van der Waals surface area contributed by atoms with E-state index >= 15 is 0 Å².